The van der Waals surface area contributed by atoms with Gasteiger partial charge in [0.1, 0.15) is 12.3 Å². The third-order valence-electron chi connectivity index (χ3n) is 7.11. The molecule has 2 amide bonds. The van der Waals surface area contributed by atoms with Gasteiger partial charge in [0.2, 0.25) is 5.91 Å². The molecule has 9 nitrogen and oxygen atoms in total. The molecule has 5 rings (SSSR count). The average Bonchev–Trinajstić information content (AvgIpc) is 3.73. The highest BCUT2D eigenvalue weighted by molar-refractivity contribution is 5.97. The summed E-state index contributed by atoms with van der Waals surface area (Å²) < 4.78 is 5.53. The van der Waals surface area contributed by atoms with Crippen LogP contribution in [0.25, 0.3) is 10.9 Å². The Balaban J connectivity index is 1.37. The van der Waals surface area contributed by atoms with Crippen molar-refractivity contribution in [2.45, 2.75) is 31.8 Å². The van der Waals surface area contributed by atoms with E-state index < -0.39 is 4.92 Å². The average molecular weight is 527 g/mol. The molecule has 1 N–H and O–H groups in total. The maximum absolute atomic E-state index is 13.8. The Hall–Kier alpha value is -4.66. The molecule has 0 saturated heterocycles. The number of ether oxygens (including phenoxy) is 1. The summed E-state index contributed by atoms with van der Waals surface area (Å²) in [5, 5.41) is 12.1. The molecule has 4 aromatic rings. The highest BCUT2D eigenvalue weighted by atomic mass is 16.6. The number of carbonyl (C=O) groups excluding carboxylic acids is 2. The first-order chi connectivity index (χ1) is 18.9. The number of benzene rings is 3. The van der Waals surface area contributed by atoms with Crippen molar-refractivity contribution in [2.75, 3.05) is 20.2 Å². The zero-order valence-corrected chi connectivity index (χ0v) is 21.7. The molecule has 0 spiro atoms. The zero-order chi connectivity index (χ0) is 27.4. The Morgan fingerprint density at radius 2 is 1.72 bits per heavy atom. The van der Waals surface area contributed by atoms with Gasteiger partial charge >= 0.3 is 0 Å². The lowest BCUT2D eigenvalue weighted by Crippen LogP contribution is -2.44. The van der Waals surface area contributed by atoms with Crippen LogP contribution >= 0.6 is 0 Å². The summed E-state index contributed by atoms with van der Waals surface area (Å²) >= 11 is 0. The van der Waals surface area contributed by atoms with Crippen molar-refractivity contribution >= 4 is 28.4 Å². The summed E-state index contributed by atoms with van der Waals surface area (Å²) in [6, 6.07) is 21.2. The number of non-ortho nitro benzene ring substituents is 1. The monoisotopic (exact) mass is 526 g/mol. The van der Waals surface area contributed by atoms with Gasteiger partial charge in [0.05, 0.1) is 12.0 Å². The number of H-pyrrole nitrogens is 1. The maximum atomic E-state index is 13.8. The molecule has 0 unspecified atom stereocenters. The number of hydrogen-bond acceptors (Lipinski definition) is 5. The summed E-state index contributed by atoms with van der Waals surface area (Å²) in [6.07, 6.45) is 4.28. The number of nitro benzene ring substituents is 1. The lowest BCUT2D eigenvalue weighted by atomic mass is 10.1. The largest absolute Gasteiger partial charge is 0.496 e. The molecule has 1 saturated carbocycles. The van der Waals surface area contributed by atoms with Crippen molar-refractivity contribution in [3.05, 3.63) is 106 Å². The minimum Gasteiger partial charge on any atom is -0.496 e. The van der Waals surface area contributed by atoms with Crippen LogP contribution in [0.5, 0.6) is 5.75 Å². The van der Waals surface area contributed by atoms with Crippen LogP contribution in [0.3, 0.4) is 0 Å². The van der Waals surface area contributed by atoms with E-state index in [0.717, 1.165) is 34.9 Å². The topological polar surface area (TPSA) is 109 Å². The number of carbonyl (C=O) groups is 2. The Bertz CT molecular complexity index is 1490. The van der Waals surface area contributed by atoms with Crippen molar-refractivity contribution in [2.24, 2.45) is 0 Å². The van der Waals surface area contributed by atoms with Crippen molar-refractivity contribution in [1.82, 2.24) is 14.8 Å². The maximum Gasteiger partial charge on any atom is 0.269 e. The van der Waals surface area contributed by atoms with Crippen LogP contribution < -0.4 is 4.74 Å². The van der Waals surface area contributed by atoms with E-state index in [0.29, 0.717) is 30.8 Å². The van der Waals surface area contributed by atoms with Gasteiger partial charge in [-0.2, -0.15) is 0 Å². The van der Waals surface area contributed by atoms with Crippen molar-refractivity contribution < 1.29 is 19.2 Å². The number of nitrogens with zero attached hydrogens (tertiary/aromatic N) is 3. The zero-order valence-electron chi connectivity index (χ0n) is 21.7. The number of para-hydroxylation sites is 2. The van der Waals surface area contributed by atoms with E-state index in [1.54, 1.807) is 16.9 Å². The predicted octanol–water partition coefficient (Wildman–Crippen LogP) is 4.96. The number of nitrogens with one attached hydrogen (secondary N) is 1. The molecule has 1 aromatic heterocycles. The number of fused-ring (bicyclic) bond motifs is 1. The molecule has 0 bridgehead atoms. The second-order valence-electron chi connectivity index (χ2n) is 9.70. The summed E-state index contributed by atoms with van der Waals surface area (Å²) in [5.74, 6) is 0.237. The van der Waals surface area contributed by atoms with Gasteiger partial charge in [-0.15, -0.1) is 0 Å². The first-order valence-corrected chi connectivity index (χ1v) is 12.9. The second kappa shape index (κ2) is 11.4. The van der Waals surface area contributed by atoms with Crippen LogP contribution in [-0.2, 0) is 17.8 Å². The van der Waals surface area contributed by atoms with E-state index in [9.17, 15) is 19.7 Å². The standard InChI is InChI=1S/C30H30N4O5/c1-39-28-9-5-2-6-23(28)19-32(17-16-22-18-31-27-8-4-3-7-26(22)27)29(35)20-33(24-14-15-24)30(36)21-10-12-25(13-11-21)34(37)38/h2-13,18,24,31H,14-17,19-20H2,1H3. The van der Waals surface area contributed by atoms with Gasteiger partial charge in [0, 0.05) is 59.5 Å². The van der Waals surface area contributed by atoms with E-state index in [1.807, 2.05) is 48.7 Å². The number of amides is 2. The number of methoxy groups -OCH3 is 1. The molecule has 39 heavy (non-hydrogen) atoms. The van der Waals surface area contributed by atoms with Crippen LogP contribution in [0.1, 0.15) is 34.3 Å². The summed E-state index contributed by atoms with van der Waals surface area (Å²) in [4.78, 5) is 44.3. The van der Waals surface area contributed by atoms with E-state index in [4.69, 9.17) is 4.74 Å². The molecule has 200 valence electrons. The third-order valence-corrected chi connectivity index (χ3v) is 7.11. The van der Waals surface area contributed by atoms with E-state index in [1.165, 1.54) is 24.3 Å². The van der Waals surface area contributed by atoms with Crippen LogP contribution in [0, 0.1) is 10.1 Å². The Kier molecular flexibility index (Phi) is 7.58. The van der Waals surface area contributed by atoms with Crippen molar-refractivity contribution in [3.8, 4) is 5.75 Å². The van der Waals surface area contributed by atoms with Crippen LogP contribution in [-0.4, -0.2) is 57.8 Å². The van der Waals surface area contributed by atoms with Gasteiger partial charge in [-0.05, 0) is 49.1 Å². The van der Waals surface area contributed by atoms with E-state index >= 15 is 0 Å². The minimum atomic E-state index is -0.500. The molecule has 9 heteroatoms. The Labute approximate surface area is 226 Å². The molecular weight excluding hydrogens is 496 g/mol. The lowest BCUT2D eigenvalue weighted by molar-refractivity contribution is -0.384. The number of nitro groups is 1. The second-order valence-corrected chi connectivity index (χ2v) is 9.70. The molecule has 1 aliphatic rings. The smallest absolute Gasteiger partial charge is 0.269 e. The van der Waals surface area contributed by atoms with Crippen LogP contribution in [0.4, 0.5) is 5.69 Å². The highest BCUT2D eigenvalue weighted by Crippen LogP contribution is 2.29. The molecule has 3 aromatic carbocycles. The summed E-state index contributed by atoms with van der Waals surface area (Å²) in [5.41, 5.74) is 3.29. The van der Waals surface area contributed by atoms with Gasteiger partial charge in [-0.1, -0.05) is 36.4 Å². The van der Waals surface area contributed by atoms with Gasteiger partial charge in [-0.3, -0.25) is 19.7 Å². The fourth-order valence-corrected chi connectivity index (χ4v) is 4.82. The Morgan fingerprint density at radius 3 is 2.44 bits per heavy atom. The SMILES string of the molecule is COc1ccccc1CN(CCc1c[nH]c2ccccc12)C(=O)CN(C(=O)c1ccc([N+](=O)[O-])cc1)C1CC1. The fraction of sp³-hybridized carbons (Fsp3) is 0.267. The van der Waals surface area contributed by atoms with Crippen LogP contribution in [0.2, 0.25) is 0 Å². The molecule has 1 fully saturated rings. The van der Waals surface area contributed by atoms with Crippen LogP contribution in [0.15, 0.2) is 79.0 Å². The number of aromatic nitrogens is 1. The van der Waals surface area contributed by atoms with E-state index in [-0.39, 0.29) is 30.1 Å². The van der Waals surface area contributed by atoms with Crippen molar-refractivity contribution in [1.29, 1.82) is 0 Å². The summed E-state index contributed by atoms with van der Waals surface area (Å²) in [6.45, 7) is 0.738. The first kappa shape index (κ1) is 26.0. The van der Waals surface area contributed by atoms with E-state index in [2.05, 4.69) is 11.1 Å². The Morgan fingerprint density at radius 1 is 1.00 bits per heavy atom. The number of rotatable bonds is 11. The van der Waals surface area contributed by atoms with Crippen molar-refractivity contribution in [3.63, 3.8) is 0 Å². The van der Waals surface area contributed by atoms with Gasteiger partial charge in [-0.25, -0.2) is 0 Å². The van der Waals surface area contributed by atoms with Gasteiger partial charge in [0.15, 0.2) is 0 Å². The highest BCUT2D eigenvalue weighted by Gasteiger charge is 2.35. The lowest BCUT2D eigenvalue weighted by Gasteiger charge is -2.28. The quantitative estimate of drug-likeness (QED) is 0.219. The minimum absolute atomic E-state index is 0.0154. The summed E-state index contributed by atoms with van der Waals surface area (Å²) in [7, 11) is 1.61. The first-order valence-electron chi connectivity index (χ1n) is 12.9. The molecular formula is C30H30N4O5. The fourth-order valence-electron chi connectivity index (χ4n) is 4.82. The van der Waals surface area contributed by atoms with Gasteiger partial charge < -0.3 is 19.5 Å². The number of aromatic amines is 1. The van der Waals surface area contributed by atoms with Gasteiger partial charge in [0.25, 0.3) is 11.6 Å². The molecule has 1 aliphatic carbocycles. The predicted molar refractivity (Wildman–Crippen MR) is 148 cm³/mol. The molecule has 0 atom stereocenters. The molecule has 0 radical (unpaired) electrons. The normalized spacial score (nSPS) is 12.7. The number of hydrogen-bond donors (Lipinski definition) is 1. The third kappa shape index (κ3) is 5.93. The molecule has 0 aliphatic heterocycles. The molecule has 1 heterocycles.